The van der Waals surface area contributed by atoms with Gasteiger partial charge in [0.05, 0.1) is 16.7 Å². The lowest BCUT2D eigenvalue weighted by Gasteiger charge is -2.47. The Bertz CT molecular complexity index is 925. The summed E-state index contributed by atoms with van der Waals surface area (Å²) in [4.78, 5) is 38.2. The minimum absolute atomic E-state index is 0.229. The summed E-state index contributed by atoms with van der Waals surface area (Å²) in [6.07, 6.45) is -6.91. The number of aliphatic hydroxyl groups excluding tert-OH is 2. The molecule has 11 atom stereocenters. The van der Waals surface area contributed by atoms with Crippen LogP contribution < -0.4 is 0 Å². The largest absolute Gasteiger partial charge is 0.459 e. The summed E-state index contributed by atoms with van der Waals surface area (Å²) in [7, 11) is 0. The zero-order chi connectivity index (χ0) is 21.8. The van der Waals surface area contributed by atoms with Crippen LogP contribution in [-0.4, -0.2) is 75.1 Å². The summed E-state index contributed by atoms with van der Waals surface area (Å²) < 4.78 is 22.5. The van der Waals surface area contributed by atoms with Crippen molar-refractivity contribution in [1.29, 1.82) is 0 Å². The Balaban J connectivity index is 1.72. The Morgan fingerprint density at radius 3 is 2.33 bits per heavy atom. The van der Waals surface area contributed by atoms with Crippen LogP contribution in [0.2, 0.25) is 0 Å². The molecule has 10 heteroatoms. The van der Waals surface area contributed by atoms with E-state index in [0.717, 1.165) is 0 Å². The second-order valence-electron chi connectivity index (χ2n) is 10.7. The lowest BCUT2D eigenvalue weighted by molar-refractivity contribution is -0.239. The van der Waals surface area contributed by atoms with Crippen molar-refractivity contribution in [3.63, 3.8) is 0 Å². The van der Waals surface area contributed by atoms with E-state index in [0.29, 0.717) is 0 Å². The molecule has 4 saturated heterocycles. The number of aliphatic hydroxyl groups is 3. The highest BCUT2D eigenvalue weighted by Crippen LogP contribution is 2.84. The molecule has 3 N–H and O–H groups in total. The molecule has 6 fully saturated rings. The maximum Gasteiger partial charge on any atom is 0.343 e. The topological polar surface area (TPSA) is 149 Å². The third kappa shape index (κ3) is 1.33. The molecule has 6 aliphatic rings. The van der Waals surface area contributed by atoms with E-state index < -0.39 is 87.9 Å². The van der Waals surface area contributed by atoms with Gasteiger partial charge in [-0.1, -0.05) is 20.8 Å². The molecular weight excluding hydrogens is 400 g/mol. The number of esters is 3. The van der Waals surface area contributed by atoms with E-state index in [9.17, 15) is 29.7 Å². The number of hydrogen-bond donors (Lipinski definition) is 3. The van der Waals surface area contributed by atoms with Gasteiger partial charge in [0.25, 0.3) is 0 Å². The number of ether oxygens (including phenoxy) is 4. The number of carbonyl (C=O) groups is 3. The minimum Gasteiger partial charge on any atom is -0.459 e. The molecule has 10 nitrogen and oxygen atoms in total. The summed E-state index contributed by atoms with van der Waals surface area (Å²) in [6, 6.07) is 0. The SMILES string of the molecule is C[C@H]1C(=O)O[C@H]2[C@@H](O)[C@@]34[C@@H]5C[C@@H](C(C)(C)C)[C@]36[C@H](OC(=O)[C@@H]6O)O[C@@]4(C(=O)O5)[C@@]12O. The molecule has 0 amide bonds. The van der Waals surface area contributed by atoms with E-state index in [2.05, 4.69) is 0 Å². The quantitative estimate of drug-likeness (QED) is 0.314. The van der Waals surface area contributed by atoms with Crippen molar-refractivity contribution in [1.82, 2.24) is 0 Å². The van der Waals surface area contributed by atoms with Crippen LogP contribution in [0.4, 0.5) is 0 Å². The summed E-state index contributed by atoms with van der Waals surface area (Å²) in [5.74, 6) is -4.32. The first kappa shape index (κ1) is 19.0. The molecular formula is C20H24O10. The van der Waals surface area contributed by atoms with Gasteiger partial charge in [0, 0.05) is 0 Å². The Kier molecular flexibility index (Phi) is 2.97. The fourth-order valence-electron chi connectivity index (χ4n) is 8.12. The van der Waals surface area contributed by atoms with Gasteiger partial charge < -0.3 is 34.3 Å². The van der Waals surface area contributed by atoms with Gasteiger partial charge in [0.15, 0.2) is 17.8 Å². The van der Waals surface area contributed by atoms with Gasteiger partial charge in [-0.25, -0.2) is 9.59 Å². The van der Waals surface area contributed by atoms with E-state index in [1.165, 1.54) is 6.92 Å². The van der Waals surface area contributed by atoms with Crippen molar-refractivity contribution in [3.05, 3.63) is 0 Å². The van der Waals surface area contributed by atoms with Crippen LogP contribution in [0.5, 0.6) is 0 Å². The van der Waals surface area contributed by atoms with E-state index in [4.69, 9.17) is 18.9 Å². The zero-order valence-electron chi connectivity index (χ0n) is 16.9. The van der Waals surface area contributed by atoms with Crippen LogP contribution in [-0.2, 0) is 33.3 Å². The minimum atomic E-state index is -2.24. The van der Waals surface area contributed by atoms with E-state index in [1.807, 2.05) is 20.8 Å². The number of fused-ring (bicyclic) bond motifs is 1. The third-order valence-corrected chi connectivity index (χ3v) is 9.00. The summed E-state index contributed by atoms with van der Waals surface area (Å²) in [5, 5.41) is 34.7. The van der Waals surface area contributed by atoms with Gasteiger partial charge in [0.2, 0.25) is 11.9 Å². The first-order valence-corrected chi connectivity index (χ1v) is 10.2. The molecule has 4 aliphatic heterocycles. The maximum atomic E-state index is 13.4. The Hall–Kier alpha value is -1.75. The van der Waals surface area contributed by atoms with Gasteiger partial charge in [-0.05, 0) is 24.7 Å². The summed E-state index contributed by atoms with van der Waals surface area (Å²) >= 11 is 0. The van der Waals surface area contributed by atoms with Crippen LogP contribution in [0.15, 0.2) is 0 Å². The number of rotatable bonds is 0. The molecule has 0 radical (unpaired) electrons. The molecule has 0 unspecified atom stereocenters. The van der Waals surface area contributed by atoms with E-state index >= 15 is 0 Å². The predicted molar refractivity (Wildman–Crippen MR) is 92.0 cm³/mol. The highest BCUT2D eigenvalue weighted by atomic mass is 16.8. The first-order chi connectivity index (χ1) is 13.8. The third-order valence-electron chi connectivity index (χ3n) is 9.00. The normalized spacial score (nSPS) is 60.1. The van der Waals surface area contributed by atoms with Gasteiger partial charge in [-0.15, -0.1) is 0 Å². The molecule has 2 spiro atoms. The monoisotopic (exact) mass is 424 g/mol. The lowest BCUT2D eigenvalue weighted by atomic mass is 9.51. The van der Waals surface area contributed by atoms with Gasteiger partial charge in [-0.3, -0.25) is 4.79 Å². The molecule has 164 valence electrons. The highest BCUT2D eigenvalue weighted by molar-refractivity contribution is 5.94. The molecule has 2 aliphatic carbocycles. The van der Waals surface area contributed by atoms with Crippen LogP contribution in [0, 0.1) is 28.1 Å². The lowest BCUT2D eigenvalue weighted by Crippen LogP contribution is -2.67. The molecule has 30 heavy (non-hydrogen) atoms. The van der Waals surface area contributed by atoms with E-state index in [-0.39, 0.29) is 6.42 Å². The Labute approximate surface area is 171 Å². The second kappa shape index (κ2) is 4.69. The van der Waals surface area contributed by atoms with Crippen LogP contribution >= 0.6 is 0 Å². The summed E-state index contributed by atoms with van der Waals surface area (Å²) in [5.41, 5.74) is -8.26. The van der Waals surface area contributed by atoms with Gasteiger partial charge in [0.1, 0.15) is 12.2 Å². The van der Waals surface area contributed by atoms with Crippen molar-refractivity contribution in [2.75, 3.05) is 0 Å². The van der Waals surface area contributed by atoms with Crippen molar-refractivity contribution < 1.29 is 48.7 Å². The van der Waals surface area contributed by atoms with Crippen LogP contribution in [0.25, 0.3) is 0 Å². The molecule has 0 aromatic heterocycles. The van der Waals surface area contributed by atoms with Crippen molar-refractivity contribution in [2.24, 2.45) is 28.1 Å². The van der Waals surface area contributed by atoms with Gasteiger partial charge >= 0.3 is 17.9 Å². The van der Waals surface area contributed by atoms with Crippen LogP contribution in [0.3, 0.4) is 0 Å². The number of hydrogen-bond acceptors (Lipinski definition) is 10. The average molecular weight is 424 g/mol. The molecule has 0 aromatic rings. The fraction of sp³-hybridized carbons (Fsp3) is 0.850. The maximum absolute atomic E-state index is 13.4. The predicted octanol–water partition coefficient (Wildman–Crippen LogP) is -1.37. The smallest absolute Gasteiger partial charge is 0.343 e. The zero-order valence-corrected chi connectivity index (χ0v) is 16.9. The highest BCUT2D eigenvalue weighted by Gasteiger charge is 3.03. The molecule has 0 bridgehead atoms. The van der Waals surface area contributed by atoms with E-state index in [1.54, 1.807) is 0 Å². The van der Waals surface area contributed by atoms with Crippen molar-refractivity contribution in [2.45, 2.75) is 76.0 Å². The average Bonchev–Trinajstić information content (AvgIpc) is 3.35. The second-order valence-corrected chi connectivity index (χ2v) is 10.7. The molecule has 0 aromatic carbocycles. The number of carbonyl (C=O) groups excluding carboxylic acids is 3. The Morgan fingerprint density at radius 2 is 1.70 bits per heavy atom. The standard InChI is InChI=1S/C20H24O10/c1-6-12(23)28-11-9(21)18-8-5-7(16(2,3)4)17(18)10(22)13(24)29-15(17)30-20(18,14(25)27-8)19(6,11)26/h6-11,15,21-22,26H,5H2,1-4H3/t6-,7-,8-,9+,10-,11-,15+,17-,18-,19+,20+/m0/s1. The summed E-state index contributed by atoms with van der Waals surface area (Å²) in [6.45, 7) is 7.14. The van der Waals surface area contributed by atoms with Crippen molar-refractivity contribution >= 4 is 17.9 Å². The van der Waals surface area contributed by atoms with Crippen molar-refractivity contribution in [3.8, 4) is 0 Å². The molecule has 4 heterocycles. The fourth-order valence-corrected chi connectivity index (χ4v) is 8.12. The van der Waals surface area contributed by atoms with Crippen LogP contribution in [0.1, 0.15) is 34.1 Å². The first-order valence-electron chi connectivity index (χ1n) is 10.2. The Morgan fingerprint density at radius 1 is 1.03 bits per heavy atom. The van der Waals surface area contributed by atoms with Gasteiger partial charge in [-0.2, -0.15) is 0 Å². The molecule has 6 rings (SSSR count). The molecule has 2 saturated carbocycles.